The van der Waals surface area contributed by atoms with Gasteiger partial charge in [0.15, 0.2) is 25.2 Å². The van der Waals surface area contributed by atoms with Crippen LogP contribution in [-0.2, 0) is 33.2 Å². The summed E-state index contributed by atoms with van der Waals surface area (Å²) in [5.74, 6) is 0. The standard InChI is InChI=1S/C22H42O7/c1-7-25-21(26-8-2)17-13-11-15-19(23-5)29-20(24-6)16-12-14-18-22(27-9-3)28-10-4/h11-12,15-16,19-22H,7-10,13-14,17-18H2,1-6H3. The van der Waals surface area contributed by atoms with E-state index < -0.39 is 12.6 Å². The molecule has 0 rings (SSSR count). The first-order chi connectivity index (χ1) is 14.1. The molecule has 0 radical (unpaired) electrons. The lowest BCUT2D eigenvalue weighted by molar-refractivity contribution is -0.189. The van der Waals surface area contributed by atoms with E-state index in [-0.39, 0.29) is 12.6 Å². The number of allylic oxidation sites excluding steroid dienone is 2. The Morgan fingerprint density at radius 3 is 1.21 bits per heavy atom. The molecule has 0 aromatic carbocycles. The van der Waals surface area contributed by atoms with E-state index >= 15 is 0 Å². The van der Waals surface area contributed by atoms with E-state index in [2.05, 4.69) is 0 Å². The van der Waals surface area contributed by atoms with Crippen LogP contribution in [0, 0.1) is 0 Å². The molecule has 0 heterocycles. The summed E-state index contributed by atoms with van der Waals surface area (Å²) in [7, 11) is 3.20. The molecule has 0 saturated carbocycles. The fraction of sp³-hybridized carbons (Fsp3) is 0.818. The number of hydrogen-bond donors (Lipinski definition) is 0. The van der Waals surface area contributed by atoms with Crippen molar-refractivity contribution in [2.24, 2.45) is 0 Å². The third-order valence-electron chi connectivity index (χ3n) is 3.87. The maximum Gasteiger partial charge on any atom is 0.179 e. The van der Waals surface area contributed by atoms with Gasteiger partial charge in [0.1, 0.15) is 0 Å². The minimum absolute atomic E-state index is 0.177. The van der Waals surface area contributed by atoms with Crippen LogP contribution in [0.25, 0.3) is 0 Å². The van der Waals surface area contributed by atoms with Crippen molar-refractivity contribution in [3.8, 4) is 0 Å². The predicted molar refractivity (Wildman–Crippen MR) is 114 cm³/mol. The van der Waals surface area contributed by atoms with Gasteiger partial charge in [-0.05, 0) is 52.7 Å². The van der Waals surface area contributed by atoms with Gasteiger partial charge < -0.3 is 33.2 Å². The second-order valence-corrected chi connectivity index (χ2v) is 6.04. The van der Waals surface area contributed by atoms with Crippen LogP contribution in [0.1, 0.15) is 53.4 Å². The van der Waals surface area contributed by atoms with Gasteiger partial charge in [-0.1, -0.05) is 12.2 Å². The molecular formula is C22H42O7. The molecule has 0 aromatic rings. The molecule has 0 saturated heterocycles. The normalized spacial score (nSPS) is 14.6. The first-order valence-corrected chi connectivity index (χ1v) is 10.7. The molecule has 0 bridgehead atoms. The number of rotatable bonds is 20. The smallest absolute Gasteiger partial charge is 0.179 e. The molecular weight excluding hydrogens is 376 g/mol. The predicted octanol–water partition coefficient (Wildman–Crippen LogP) is 4.42. The van der Waals surface area contributed by atoms with Gasteiger partial charge in [-0.25, -0.2) is 0 Å². The van der Waals surface area contributed by atoms with Gasteiger partial charge in [-0.2, -0.15) is 0 Å². The lowest BCUT2D eigenvalue weighted by Gasteiger charge is -2.19. The van der Waals surface area contributed by atoms with E-state index in [1.165, 1.54) is 0 Å². The molecule has 0 aliphatic heterocycles. The Balaban J connectivity index is 4.37. The quantitative estimate of drug-likeness (QED) is 0.214. The Hall–Kier alpha value is -0.800. The summed E-state index contributed by atoms with van der Waals surface area (Å²) >= 11 is 0. The van der Waals surface area contributed by atoms with Crippen LogP contribution in [-0.4, -0.2) is 65.8 Å². The van der Waals surface area contributed by atoms with E-state index in [0.29, 0.717) is 26.4 Å². The van der Waals surface area contributed by atoms with E-state index in [0.717, 1.165) is 25.7 Å². The van der Waals surface area contributed by atoms with Crippen molar-refractivity contribution in [2.75, 3.05) is 40.6 Å². The number of ether oxygens (including phenoxy) is 7. The average Bonchev–Trinajstić information content (AvgIpc) is 2.72. The van der Waals surface area contributed by atoms with E-state index in [9.17, 15) is 0 Å². The van der Waals surface area contributed by atoms with Crippen molar-refractivity contribution < 1.29 is 33.2 Å². The average molecular weight is 419 g/mol. The van der Waals surface area contributed by atoms with Gasteiger partial charge >= 0.3 is 0 Å². The molecule has 0 aliphatic carbocycles. The van der Waals surface area contributed by atoms with Gasteiger partial charge in [0.25, 0.3) is 0 Å². The molecule has 7 nitrogen and oxygen atoms in total. The Kier molecular flexibility index (Phi) is 19.9. The fourth-order valence-electron chi connectivity index (χ4n) is 2.54. The zero-order chi connectivity index (χ0) is 21.7. The molecule has 0 N–H and O–H groups in total. The zero-order valence-electron chi connectivity index (χ0n) is 19.1. The topological polar surface area (TPSA) is 64.6 Å². The van der Waals surface area contributed by atoms with Crippen molar-refractivity contribution >= 4 is 0 Å². The summed E-state index contributed by atoms with van der Waals surface area (Å²) in [6, 6.07) is 0. The lowest BCUT2D eigenvalue weighted by atomic mass is 10.2. The second-order valence-electron chi connectivity index (χ2n) is 6.04. The van der Waals surface area contributed by atoms with Crippen LogP contribution < -0.4 is 0 Å². The molecule has 0 spiro atoms. The molecule has 0 aliphatic rings. The van der Waals surface area contributed by atoms with E-state index in [1.54, 1.807) is 14.2 Å². The maximum atomic E-state index is 5.81. The van der Waals surface area contributed by atoms with Gasteiger partial charge in [0.05, 0.1) is 0 Å². The molecule has 0 amide bonds. The molecule has 7 heteroatoms. The molecule has 0 aromatic heterocycles. The molecule has 29 heavy (non-hydrogen) atoms. The monoisotopic (exact) mass is 418 g/mol. The SMILES string of the molecule is CCOC(CCC=CC(OC)OC(C=CCCC(OCC)OCC)OC)OCC. The van der Waals surface area contributed by atoms with Crippen molar-refractivity contribution in [3.63, 3.8) is 0 Å². The summed E-state index contributed by atoms with van der Waals surface area (Å²) in [5, 5.41) is 0. The third-order valence-corrected chi connectivity index (χ3v) is 3.87. The van der Waals surface area contributed by atoms with Crippen molar-refractivity contribution in [3.05, 3.63) is 24.3 Å². The first kappa shape index (κ1) is 28.2. The van der Waals surface area contributed by atoms with Crippen LogP contribution in [0.2, 0.25) is 0 Å². The molecule has 172 valence electrons. The third kappa shape index (κ3) is 15.7. The van der Waals surface area contributed by atoms with Crippen LogP contribution in [0.4, 0.5) is 0 Å². The van der Waals surface area contributed by atoms with Gasteiger partial charge in [-0.3, -0.25) is 0 Å². The van der Waals surface area contributed by atoms with Crippen LogP contribution in [0.15, 0.2) is 24.3 Å². The van der Waals surface area contributed by atoms with Crippen molar-refractivity contribution in [1.29, 1.82) is 0 Å². The lowest BCUT2D eigenvalue weighted by Crippen LogP contribution is -2.22. The van der Waals surface area contributed by atoms with E-state index in [4.69, 9.17) is 33.2 Å². The fourth-order valence-corrected chi connectivity index (χ4v) is 2.54. The Morgan fingerprint density at radius 1 is 0.586 bits per heavy atom. The van der Waals surface area contributed by atoms with Gasteiger partial charge in [0, 0.05) is 53.5 Å². The highest BCUT2D eigenvalue weighted by Crippen LogP contribution is 2.10. The molecule has 2 unspecified atom stereocenters. The Morgan fingerprint density at radius 2 is 0.931 bits per heavy atom. The number of methoxy groups -OCH3 is 2. The summed E-state index contributed by atoms with van der Waals surface area (Å²) < 4.78 is 38.7. The van der Waals surface area contributed by atoms with Crippen molar-refractivity contribution in [1.82, 2.24) is 0 Å². The minimum atomic E-state index is -0.498. The molecule has 0 fully saturated rings. The van der Waals surface area contributed by atoms with Gasteiger partial charge in [0.2, 0.25) is 0 Å². The minimum Gasteiger partial charge on any atom is -0.353 e. The largest absolute Gasteiger partial charge is 0.353 e. The highest BCUT2D eigenvalue weighted by molar-refractivity contribution is 4.89. The highest BCUT2D eigenvalue weighted by atomic mass is 16.8. The summed E-state index contributed by atoms with van der Waals surface area (Å²) in [6.45, 7) is 10.4. The molecule has 2 atom stereocenters. The summed E-state index contributed by atoms with van der Waals surface area (Å²) in [6.07, 6.45) is 9.57. The Labute approximate surface area is 177 Å². The highest BCUT2D eigenvalue weighted by Gasteiger charge is 2.12. The van der Waals surface area contributed by atoms with Crippen molar-refractivity contribution in [2.45, 2.75) is 78.5 Å². The maximum absolute atomic E-state index is 5.81. The van der Waals surface area contributed by atoms with Gasteiger partial charge in [-0.15, -0.1) is 0 Å². The summed E-state index contributed by atoms with van der Waals surface area (Å²) in [5.41, 5.74) is 0. The second kappa shape index (κ2) is 20.5. The first-order valence-electron chi connectivity index (χ1n) is 10.7. The van der Waals surface area contributed by atoms with E-state index in [1.807, 2.05) is 52.0 Å². The van der Waals surface area contributed by atoms with Crippen LogP contribution in [0.3, 0.4) is 0 Å². The van der Waals surface area contributed by atoms with Crippen LogP contribution in [0.5, 0.6) is 0 Å². The van der Waals surface area contributed by atoms with Crippen LogP contribution >= 0.6 is 0 Å². The Bertz CT molecular complexity index is 353. The number of hydrogen-bond acceptors (Lipinski definition) is 7. The zero-order valence-corrected chi connectivity index (χ0v) is 19.1. The summed E-state index contributed by atoms with van der Waals surface area (Å²) in [4.78, 5) is 0.